The van der Waals surface area contributed by atoms with Gasteiger partial charge in [0.1, 0.15) is 5.75 Å². The van der Waals surface area contributed by atoms with Crippen LogP contribution in [0.2, 0.25) is 0 Å². The lowest BCUT2D eigenvalue weighted by molar-refractivity contribution is 0.0600. The van der Waals surface area contributed by atoms with Crippen molar-refractivity contribution in [2.24, 2.45) is 0 Å². The van der Waals surface area contributed by atoms with E-state index in [9.17, 15) is 4.79 Å². The molecule has 0 unspecified atom stereocenters. The molecule has 8 heteroatoms. The lowest BCUT2D eigenvalue weighted by Crippen LogP contribution is -2.16. The van der Waals surface area contributed by atoms with Crippen LogP contribution in [0.15, 0.2) is 24.3 Å². The van der Waals surface area contributed by atoms with Gasteiger partial charge in [-0.15, -0.1) is 0 Å². The smallest absolute Gasteiger partial charge is 0.337 e. The molecule has 0 spiro atoms. The number of aromatic nitrogens is 3. The summed E-state index contributed by atoms with van der Waals surface area (Å²) in [4.78, 5) is 26.1. The Morgan fingerprint density at radius 2 is 1.88 bits per heavy atom. The second-order valence-corrected chi connectivity index (χ2v) is 5.53. The van der Waals surface area contributed by atoms with E-state index in [2.05, 4.69) is 31.9 Å². The number of rotatable bonds is 8. The van der Waals surface area contributed by atoms with Crippen LogP contribution in [0.1, 0.15) is 30.1 Å². The number of carbonyl (C=O) groups is 1. The number of nitrogens with one attached hydrogen (secondary N) is 1. The highest BCUT2D eigenvalue weighted by Crippen LogP contribution is 2.21. The number of ether oxygens (including phenoxy) is 2. The van der Waals surface area contributed by atoms with E-state index >= 15 is 0 Å². The van der Waals surface area contributed by atoms with Gasteiger partial charge in [-0.3, -0.25) is 0 Å². The lowest BCUT2D eigenvalue weighted by Gasteiger charge is -2.13. The Morgan fingerprint density at radius 1 is 1.16 bits per heavy atom. The summed E-state index contributed by atoms with van der Waals surface area (Å²) in [6, 6.07) is 6.75. The van der Waals surface area contributed by atoms with Crippen LogP contribution < -0.4 is 15.0 Å². The van der Waals surface area contributed by atoms with Gasteiger partial charge in [-0.2, -0.15) is 15.0 Å². The molecule has 0 aliphatic rings. The predicted molar refractivity (Wildman–Crippen MR) is 95.4 cm³/mol. The molecular weight excluding hydrogens is 322 g/mol. The Balaban J connectivity index is 2.18. The Bertz CT molecular complexity index is 704. The zero-order valence-electron chi connectivity index (χ0n) is 14.9. The van der Waals surface area contributed by atoms with E-state index in [1.54, 1.807) is 29.2 Å². The second kappa shape index (κ2) is 8.81. The monoisotopic (exact) mass is 345 g/mol. The van der Waals surface area contributed by atoms with E-state index in [0.717, 1.165) is 19.4 Å². The summed E-state index contributed by atoms with van der Waals surface area (Å²) in [6.07, 6.45) is 2.10. The van der Waals surface area contributed by atoms with Crippen molar-refractivity contribution >= 4 is 17.9 Å². The van der Waals surface area contributed by atoms with Crippen molar-refractivity contribution in [1.82, 2.24) is 15.0 Å². The number of anilines is 2. The molecule has 0 radical (unpaired) electrons. The third-order valence-electron chi connectivity index (χ3n) is 3.30. The van der Waals surface area contributed by atoms with Crippen molar-refractivity contribution in [1.29, 1.82) is 0 Å². The van der Waals surface area contributed by atoms with Gasteiger partial charge in [0.25, 0.3) is 0 Å². The summed E-state index contributed by atoms with van der Waals surface area (Å²) in [6.45, 7) is 2.90. The van der Waals surface area contributed by atoms with Crippen LogP contribution >= 0.6 is 0 Å². The van der Waals surface area contributed by atoms with Crippen LogP contribution in [0.4, 0.5) is 11.9 Å². The molecule has 2 rings (SSSR count). The van der Waals surface area contributed by atoms with Gasteiger partial charge in [0.05, 0.1) is 12.7 Å². The molecule has 0 fully saturated rings. The first-order chi connectivity index (χ1) is 12.0. The zero-order valence-corrected chi connectivity index (χ0v) is 14.9. The van der Waals surface area contributed by atoms with Crippen molar-refractivity contribution in [3.05, 3.63) is 29.8 Å². The van der Waals surface area contributed by atoms with Crippen LogP contribution in [-0.2, 0) is 4.74 Å². The summed E-state index contributed by atoms with van der Waals surface area (Å²) in [5.41, 5.74) is 0.446. The van der Waals surface area contributed by atoms with Crippen LogP contribution in [0.3, 0.4) is 0 Å². The number of nitrogens with zero attached hydrogens (tertiary/aromatic N) is 4. The van der Waals surface area contributed by atoms with Crippen molar-refractivity contribution in [2.45, 2.75) is 19.8 Å². The number of hydrogen-bond donors (Lipinski definition) is 1. The molecule has 0 aliphatic carbocycles. The van der Waals surface area contributed by atoms with Gasteiger partial charge in [-0.1, -0.05) is 13.3 Å². The van der Waals surface area contributed by atoms with E-state index in [0.29, 0.717) is 23.2 Å². The fraction of sp³-hybridized carbons (Fsp3) is 0.412. The number of unbranched alkanes of at least 4 members (excludes halogenated alkanes) is 1. The molecule has 1 N–H and O–H groups in total. The molecule has 8 nitrogen and oxygen atoms in total. The van der Waals surface area contributed by atoms with E-state index in [4.69, 9.17) is 4.74 Å². The largest absolute Gasteiger partial charge is 0.465 e. The minimum atomic E-state index is -0.399. The maximum Gasteiger partial charge on any atom is 0.337 e. The highest BCUT2D eigenvalue weighted by Gasteiger charge is 2.11. The topological polar surface area (TPSA) is 89.5 Å². The predicted octanol–water partition coefficient (Wildman–Crippen LogP) is 2.73. The Labute approximate surface area is 147 Å². The molecule has 1 aromatic heterocycles. The maximum atomic E-state index is 11.5. The number of hydrogen-bond acceptors (Lipinski definition) is 8. The molecule has 0 saturated carbocycles. The quantitative estimate of drug-likeness (QED) is 0.577. The molecule has 2 aromatic rings. The highest BCUT2D eigenvalue weighted by atomic mass is 16.5. The van der Waals surface area contributed by atoms with Crippen molar-refractivity contribution < 1.29 is 14.3 Å². The van der Waals surface area contributed by atoms with Gasteiger partial charge in [0, 0.05) is 20.6 Å². The minimum absolute atomic E-state index is 0.184. The molecule has 1 heterocycles. The first-order valence-electron chi connectivity index (χ1n) is 8.07. The van der Waals surface area contributed by atoms with Crippen molar-refractivity contribution in [3.8, 4) is 11.8 Å². The van der Waals surface area contributed by atoms with Crippen molar-refractivity contribution in [3.63, 3.8) is 0 Å². The normalized spacial score (nSPS) is 10.2. The van der Waals surface area contributed by atoms with Gasteiger partial charge in [-0.05, 0) is 30.7 Å². The number of methoxy groups -OCH3 is 1. The molecule has 0 aliphatic heterocycles. The third-order valence-corrected chi connectivity index (χ3v) is 3.30. The number of esters is 1. The summed E-state index contributed by atoms with van der Waals surface area (Å²) in [5, 5.41) is 3.17. The van der Waals surface area contributed by atoms with Crippen LogP contribution in [0.5, 0.6) is 11.8 Å². The fourth-order valence-electron chi connectivity index (χ4n) is 1.93. The minimum Gasteiger partial charge on any atom is -0.465 e. The zero-order chi connectivity index (χ0) is 18.2. The molecule has 25 heavy (non-hydrogen) atoms. The van der Waals surface area contributed by atoms with Crippen LogP contribution in [0, 0.1) is 0 Å². The SMILES string of the molecule is CCCCNc1nc(Oc2ccc(C(=O)OC)cc2)nc(N(C)C)n1. The van der Waals surface area contributed by atoms with Gasteiger partial charge in [-0.25, -0.2) is 4.79 Å². The van der Waals surface area contributed by atoms with Crippen LogP contribution in [-0.4, -0.2) is 48.7 Å². The molecule has 0 amide bonds. The summed E-state index contributed by atoms with van der Waals surface area (Å²) < 4.78 is 10.4. The molecule has 0 atom stereocenters. The summed E-state index contributed by atoms with van der Waals surface area (Å²) >= 11 is 0. The third kappa shape index (κ3) is 5.30. The fourth-order valence-corrected chi connectivity index (χ4v) is 1.93. The molecular formula is C17H23N5O3. The average Bonchev–Trinajstić information content (AvgIpc) is 2.61. The molecule has 1 aromatic carbocycles. The van der Waals surface area contributed by atoms with E-state index in [1.807, 2.05) is 14.1 Å². The highest BCUT2D eigenvalue weighted by molar-refractivity contribution is 5.89. The second-order valence-electron chi connectivity index (χ2n) is 5.53. The van der Waals surface area contributed by atoms with E-state index in [-0.39, 0.29) is 6.01 Å². The lowest BCUT2D eigenvalue weighted by atomic mass is 10.2. The Hall–Kier alpha value is -2.90. The first-order valence-corrected chi connectivity index (χ1v) is 8.07. The summed E-state index contributed by atoms with van der Waals surface area (Å²) in [5.74, 6) is 1.08. The standard InChI is InChI=1S/C17H23N5O3/c1-5-6-11-18-15-19-16(22(2)3)21-17(20-15)25-13-9-7-12(8-10-13)14(23)24-4/h7-10H,5-6,11H2,1-4H3,(H,18,19,20,21). The Morgan fingerprint density at radius 3 is 2.48 bits per heavy atom. The maximum absolute atomic E-state index is 11.5. The first kappa shape index (κ1) is 18.4. The molecule has 0 saturated heterocycles. The summed E-state index contributed by atoms with van der Waals surface area (Å²) in [7, 11) is 5.04. The van der Waals surface area contributed by atoms with Crippen molar-refractivity contribution in [2.75, 3.05) is 38.0 Å². The Kier molecular flexibility index (Phi) is 6.50. The van der Waals surface area contributed by atoms with E-state index in [1.165, 1.54) is 7.11 Å². The van der Waals surface area contributed by atoms with Gasteiger partial charge in [0.15, 0.2) is 0 Å². The number of benzene rings is 1. The molecule has 134 valence electrons. The van der Waals surface area contributed by atoms with Gasteiger partial charge in [0.2, 0.25) is 11.9 Å². The van der Waals surface area contributed by atoms with Gasteiger partial charge < -0.3 is 19.7 Å². The molecule has 0 bridgehead atoms. The van der Waals surface area contributed by atoms with Crippen LogP contribution in [0.25, 0.3) is 0 Å². The average molecular weight is 345 g/mol. The van der Waals surface area contributed by atoms with E-state index < -0.39 is 5.97 Å². The van der Waals surface area contributed by atoms with Gasteiger partial charge >= 0.3 is 12.0 Å². The number of carbonyl (C=O) groups excluding carboxylic acids is 1.